The van der Waals surface area contributed by atoms with Gasteiger partial charge in [0.1, 0.15) is 0 Å². The second-order valence-corrected chi connectivity index (χ2v) is 4.47. The Balaban J connectivity index is 1.92. The van der Waals surface area contributed by atoms with E-state index >= 15 is 0 Å². The molecule has 21 heavy (non-hydrogen) atoms. The molecular formula is C14H15F3N4. The first-order valence-electron chi connectivity index (χ1n) is 6.54. The van der Waals surface area contributed by atoms with Crippen molar-refractivity contribution >= 4 is 0 Å². The summed E-state index contributed by atoms with van der Waals surface area (Å²) in [5, 5.41) is 9.85. The molecule has 0 amide bonds. The van der Waals surface area contributed by atoms with Gasteiger partial charge < -0.3 is 5.32 Å². The van der Waals surface area contributed by atoms with E-state index in [1.807, 2.05) is 19.1 Å². The van der Waals surface area contributed by atoms with Crippen LogP contribution < -0.4 is 5.32 Å². The van der Waals surface area contributed by atoms with Crippen molar-refractivity contribution in [3.63, 3.8) is 0 Å². The Labute approximate surface area is 120 Å². The molecule has 112 valence electrons. The average molecular weight is 296 g/mol. The first-order valence-corrected chi connectivity index (χ1v) is 6.54. The van der Waals surface area contributed by atoms with Crippen LogP contribution in [0.5, 0.6) is 0 Å². The van der Waals surface area contributed by atoms with E-state index < -0.39 is 11.9 Å². The third kappa shape index (κ3) is 4.22. The van der Waals surface area contributed by atoms with E-state index in [0.717, 1.165) is 23.7 Å². The largest absolute Gasteiger partial charge is 0.435 e. The third-order valence-electron chi connectivity index (χ3n) is 2.97. The maximum atomic E-state index is 12.3. The number of hydrogen-bond acceptors (Lipinski definition) is 4. The molecule has 0 saturated heterocycles. The van der Waals surface area contributed by atoms with Gasteiger partial charge in [-0.2, -0.15) is 18.3 Å². The van der Waals surface area contributed by atoms with Crippen LogP contribution in [0.3, 0.4) is 0 Å². The van der Waals surface area contributed by atoms with E-state index in [-0.39, 0.29) is 0 Å². The predicted octanol–water partition coefficient (Wildman–Crippen LogP) is 2.74. The fourth-order valence-electron chi connectivity index (χ4n) is 1.87. The molecule has 7 heteroatoms. The molecule has 2 aromatic heterocycles. The molecule has 0 aromatic carbocycles. The van der Waals surface area contributed by atoms with Crippen molar-refractivity contribution in [1.29, 1.82) is 0 Å². The van der Waals surface area contributed by atoms with E-state index in [0.29, 0.717) is 18.8 Å². The van der Waals surface area contributed by atoms with E-state index in [9.17, 15) is 13.2 Å². The van der Waals surface area contributed by atoms with Crippen molar-refractivity contribution in [2.75, 3.05) is 0 Å². The number of pyridine rings is 1. The summed E-state index contributed by atoms with van der Waals surface area (Å²) < 4.78 is 37.0. The molecule has 0 saturated carbocycles. The van der Waals surface area contributed by atoms with Crippen LogP contribution in [0.2, 0.25) is 0 Å². The lowest BCUT2D eigenvalue weighted by atomic mass is 10.1. The summed E-state index contributed by atoms with van der Waals surface area (Å²) in [6, 6.07) is 6.13. The zero-order valence-electron chi connectivity index (χ0n) is 11.5. The van der Waals surface area contributed by atoms with Crippen LogP contribution in [-0.2, 0) is 25.7 Å². The summed E-state index contributed by atoms with van der Waals surface area (Å²) in [7, 11) is 0. The monoisotopic (exact) mass is 296 g/mol. The zero-order valence-corrected chi connectivity index (χ0v) is 11.5. The van der Waals surface area contributed by atoms with Crippen molar-refractivity contribution in [1.82, 2.24) is 20.5 Å². The van der Waals surface area contributed by atoms with Crippen LogP contribution in [0, 0.1) is 0 Å². The standard InChI is InChI=1S/C14H15F3N4/c1-2-10-4-3-7-19-12(10)9-18-8-11-5-6-13(21-20-11)14(15,16)17/h3-7,18H,2,8-9H2,1H3. The molecule has 0 unspecified atom stereocenters. The summed E-state index contributed by atoms with van der Waals surface area (Å²) in [6.07, 6.45) is -1.86. The highest BCUT2D eigenvalue weighted by Gasteiger charge is 2.32. The summed E-state index contributed by atoms with van der Waals surface area (Å²) in [5.74, 6) is 0. The van der Waals surface area contributed by atoms with Crippen molar-refractivity contribution in [3.05, 3.63) is 53.1 Å². The molecule has 2 rings (SSSR count). The molecule has 1 N–H and O–H groups in total. The molecule has 4 nitrogen and oxygen atoms in total. The number of halogens is 3. The lowest BCUT2D eigenvalue weighted by molar-refractivity contribution is -0.141. The molecule has 0 atom stereocenters. The molecular weight excluding hydrogens is 281 g/mol. The SMILES string of the molecule is CCc1cccnc1CNCc1ccc(C(F)(F)F)nn1. The number of rotatable bonds is 5. The Bertz CT molecular complexity index is 582. The van der Waals surface area contributed by atoms with Gasteiger partial charge in [-0.3, -0.25) is 4.98 Å². The zero-order chi connectivity index (χ0) is 15.3. The normalized spacial score (nSPS) is 11.6. The molecule has 2 aromatic rings. The van der Waals surface area contributed by atoms with Gasteiger partial charge in [-0.05, 0) is 30.2 Å². The lowest BCUT2D eigenvalue weighted by Gasteiger charge is -2.08. The van der Waals surface area contributed by atoms with Crippen LogP contribution in [0.4, 0.5) is 13.2 Å². The Morgan fingerprint density at radius 3 is 2.52 bits per heavy atom. The van der Waals surface area contributed by atoms with Crippen LogP contribution in [0.25, 0.3) is 0 Å². The van der Waals surface area contributed by atoms with Gasteiger partial charge in [0, 0.05) is 19.3 Å². The number of nitrogens with zero attached hydrogens (tertiary/aromatic N) is 3. The van der Waals surface area contributed by atoms with Gasteiger partial charge in [0.15, 0.2) is 5.69 Å². The van der Waals surface area contributed by atoms with Crippen LogP contribution in [0.15, 0.2) is 30.5 Å². The first kappa shape index (κ1) is 15.4. The molecule has 2 heterocycles. The van der Waals surface area contributed by atoms with Crippen molar-refractivity contribution in [3.8, 4) is 0 Å². The minimum Gasteiger partial charge on any atom is -0.305 e. The number of aryl methyl sites for hydroxylation is 1. The van der Waals surface area contributed by atoms with Crippen molar-refractivity contribution < 1.29 is 13.2 Å². The molecule has 0 radical (unpaired) electrons. The minimum absolute atomic E-state index is 0.338. The van der Waals surface area contributed by atoms with E-state index in [1.54, 1.807) is 6.20 Å². The summed E-state index contributed by atoms with van der Waals surface area (Å²) in [4.78, 5) is 4.28. The van der Waals surface area contributed by atoms with E-state index in [1.165, 1.54) is 6.07 Å². The van der Waals surface area contributed by atoms with Gasteiger partial charge >= 0.3 is 6.18 Å². The number of nitrogens with one attached hydrogen (secondary N) is 1. The summed E-state index contributed by atoms with van der Waals surface area (Å²) in [6.45, 7) is 2.92. The number of hydrogen-bond donors (Lipinski definition) is 1. The van der Waals surface area contributed by atoms with E-state index in [2.05, 4.69) is 20.5 Å². The lowest BCUT2D eigenvalue weighted by Crippen LogP contribution is -2.17. The van der Waals surface area contributed by atoms with Crippen molar-refractivity contribution in [2.45, 2.75) is 32.6 Å². The fourth-order valence-corrected chi connectivity index (χ4v) is 1.87. The third-order valence-corrected chi connectivity index (χ3v) is 2.97. The molecule has 0 spiro atoms. The smallest absolute Gasteiger partial charge is 0.305 e. The topological polar surface area (TPSA) is 50.7 Å². The number of alkyl halides is 3. The number of aromatic nitrogens is 3. The fraction of sp³-hybridized carbons (Fsp3) is 0.357. The Morgan fingerprint density at radius 1 is 1.10 bits per heavy atom. The van der Waals surface area contributed by atoms with Crippen molar-refractivity contribution in [2.24, 2.45) is 0 Å². The van der Waals surface area contributed by atoms with Gasteiger partial charge in [-0.25, -0.2) is 0 Å². The molecule has 0 aliphatic heterocycles. The minimum atomic E-state index is -4.46. The molecule has 0 aliphatic rings. The van der Waals surface area contributed by atoms with Crippen LogP contribution >= 0.6 is 0 Å². The summed E-state index contributed by atoms with van der Waals surface area (Å²) in [5.41, 5.74) is 1.55. The van der Waals surface area contributed by atoms with E-state index in [4.69, 9.17) is 0 Å². The second kappa shape index (κ2) is 6.62. The van der Waals surface area contributed by atoms with Gasteiger partial charge in [0.05, 0.1) is 11.4 Å². The maximum Gasteiger partial charge on any atom is 0.435 e. The molecule has 0 aliphatic carbocycles. The molecule has 0 bridgehead atoms. The predicted molar refractivity (Wildman–Crippen MR) is 71.2 cm³/mol. The maximum absolute atomic E-state index is 12.3. The van der Waals surface area contributed by atoms with Gasteiger partial charge in [-0.1, -0.05) is 13.0 Å². The average Bonchev–Trinajstić information content (AvgIpc) is 2.47. The van der Waals surface area contributed by atoms with Crippen LogP contribution in [0.1, 0.15) is 29.6 Å². The highest BCUT2D eigenvalue weighted by Crippen LogP contribution is 2.26. The Kier molecular flexibility index (Phi) is 4.85. The van der Waals surface area contributed by atoms with Gasteiger partial charge in [0.25, 0.3) is 0 Å². The first-order chi connectivity index (χ1) is 10.0. The molecule has 0 fully saturated rings. The van der Waals surface area contributed by atoms with Gasteiger partial charge in [-0.15, -0.1) is 5.10 Å². The van der Waals surface area contributed by atoms with Crippen LogP contribution in [-0.4, -0.2) is 15.2 Å². The highest BCUT2D eigenvalue weighted by atomic mass is 19.4. The quantitative estimate of drug-likeness (QED) is 0.921. The Hall–Kier alpha value is -2.02. The highest BCUT2D eigenvalue weighted by molar-refractivity contribution is 5.19. The summed E-state index contributed by atoms with van der Waals surface area (Å²) >= 11 is 0. The van der Waals surface area contributed by atoms with Gasteiger partial charge in [0.2, 0.25) is 0 Å². The Morgan fingerprint density at radius 2 is 1.90 bits per heavy atom. The second-order valence-electron chi connectivity index (χ2n) is 4.47.